The molecule has 584 valence electrons. The molecular weight excluding hydrogens is 1500 g/mol. The lowest BCUT2D eigenvalue weighted by atomic mass is 9.76. The standard InChI is InChI=1S/C61H91N7O30P2S4/c1-60(22-11-37-101(79,80)81)46-39-44(103(85,86)87)17-19-48(46)66(51(60)14-6-4-7-15-52-61(2,23-12-38-102(82,83)84)47-40-45(104(88,89)90)18-20-49(47)67(52)27-30-91-3)26-9-5-8-16-53(69)64-25-29-93-32-34-95-36-35-94-33-31-92-28-21-54(70)63-24-10-13-43-41-68(59(72)65-57(43)62)58-55(71)56(98-100(76,77)78)50(97-58)42-96-99(73,74)75/h4,6-7,14-15,17-20,39-41,50,55-56,58,71H,5,8-13,16,21-38,42H2,1-3H3,(H11-,62,63,64,65,69,70,72,73,74,75,76,77,78,79,80,81,82,83,84,85,86,87,88,89,90)/p-3/t50-,55+,56?,58-,60?,61?/m1/s1. The second-order valence-corrected chi connectivity index (χ2v) is 32.9. The first-order chi connectivity index (χ1) is 48.7. The van der Waals surface area contributed by atoms with Gasteiger partial charge in [-0.05, 0) is 107 Å². The molecule has 0 aliphatic carbocycles. The maximum absolute atomic E-state index is 12.8. The molecule has 0 spiro atoms. The predicted molar refractivity (Wildman–Crippen MR) is 365 cm³/mol. The fourth-order valence-corrected chi connectivity index (χ4v) is 15.1. The Kier molecular flexibility index (Phi) is 32.7. The van der Waals surface area contributed by atoms with Gasteiger partial charge in [-0.1, -0.05) is 18.2 Å². The third kappa shape index (κ3) is 26.9. The molecule has 37 nitrogen and oxygen atoms in total. The summed E-state index contributed by atoms with van der Waals surface area (Å²) in [5, 5.41) is 16.3. The second-order valence-electron chi connectivity index (χ2n) is 24.7. The van der Waals surface area contributed by atoms with E-state index in [4.69, 9.17) is 43.9 Å². The van der Waals surface area contributed by atoms with Gasteiger partial charge in [0.1, 0.15) is 50.9 Å². The van der Waals surface area contributed by atoms with Crippen LogP contribution >= 0.6 is 15.6 Å². The molecule has 43 heteroatoms. The van der Waals surface area contributed by atoms with Crippen LogP contribution < -0.4 is 27.0 Å². The number of methoxy groups -OCH3 is 1. The molecule has 1 aromatic heterocycles. The minimum absolute atomic E-state index is 0.0212. The van der Waals surface area contributed by atoms with E-state index in [-0.39, 0.29) is 147 Å². The number of carbonyl (C=O) groups is 2. The van der Waals surface area contributed by atoms with Gasteiger partial charge in [0.2, 0.25) is 17.5 Å². The molecule has 4 heterocycles. The fraction of sp³-hybridized carbons (Fsp3) is 0.590. The zero-order chi connectivity index (χ0) is 76.9. The van der Waals surface area contributed by atoms with Gasteiger partial charge in [-0.15, -0.1) is 0 Å². The number of phosphoric ester groups is 2. The highest BCUT2D eigenvalue weighted by Crippen LogP contribution is 2.52. The highest BCUT2D eigenvalue weighted by Gasteiger charge is 2.51. The number of nitrogens with one attached hydrogen (secondary N) is 2. The van der Waals surface area contributed by atoms with Crippen LogP contribution in [0.25, 0.3) is 0 Å². The Bertz CT molecular complexity index is 4230. The number of aliphatic hydroxyl groups excluding tert-OH is 1. The van der Waals surface area contributed by atoms with Gasteiger partial charge in [-0.2, -0.15) is 9.56 Å². The number of aromatic nitrogens is 2. The van der Waals surface area contributed by atoms with Crippen molar-refractivity contribution in [2.45, 2.75) is 130 Å². The van der Waals surface area contributed by atoms with Crippen LogP contribution in [-0.4, -0.2) is 237 Å². The molecule has 9 N–H and O–H groups in total. The molecule has 6 rings (SSSR count). The third-order valence-corrected chi connectivity index (χ3v) is 21.3. The van der Waals surface area contributed by atoms with Crippen molar-refractivity contribution in [2.75, 3.05) is 121 Å². The number of amides is 2. The monoisotopic (exact) mass is 1590 g/mol. The minimum Gasteiger partial charge on any atom is -0.748 e. The Balaban J connectivity index is 0.911. The molecule has 1 fully saturated rings. The summed E-state index contributed by atoms with van der Waals surface area (Å²) in [6.45, 7) is 5.27. The molecule has 104 heavy (non-hydrogen) atoms. The molecule has 2 aromatic carbocycles. The van der Waals surface area contributed by atoms with Crippen LogP contribution in [0.3, 0.4) is 0 Å². The molecule has 0 saturated carbocycles. The first-order valence-corrected chi connectivity index (χ1v) is 41.7. The zero-order valence-electron chi connectivity index (χ0n) is 57.2. The van der Waals surface area contributed by atoms with Crippen LogP contribution in [0.2, 0.25) is 0 Å². The summed E-state index contributed by atoms with van der Waals surface area (Å²) in [6, 6.07) is 7.77. The summed E-state index contributed by atoms with van der Waals surface area (Å²) in [5.74, 6) is -2.19. The maximum Gasteiger partial charge on any atom is 0.470 e. The molecule has 3 aliphatic heterocycles. The van der Waals surface area contributed by atoms with Gasteiger partial charge in [0.25, 0.3) is 0 Å². The number of phosphoric acid groups is 2. The molecule has 6 atom stereocenters. The summed E-state index contributed by atoms with van der Waals surface area (Å²) in [4.78, 5) is 79.3. The van der Waals surface area contributed by atoms with Crippen molar-refractivity contribution in [1.29, 1.82) is 0 Å². The molecule has 1 saturated heterocycles. The van der Waals surface area contributed by atoms with E-state index >= 15 is 0 Å². The number of allylic oxidation sites excluding steroid dienone is 6. The largest absolute Gasteiger partial charge is 0.748 e. The minimum atomic E-state index is -5.29. The summed E-state index contributed by atoms with van der Waals surface area (Å²) in [7, 11) is -28.1. The average molecular weight is 1590 g/mol. The Morgan fingerprint density at radius 3 is 1.88 bits per heavy atom. The fourth-order valence-electron chi connectivity index (χ4n) is 12.2. The molecule has 3 aliphatic rings. The van der Waals surface area contributed by atoms with E-state index in [1.54, 1.807) is 44.2 Å². The summed E-state index contributed by atoms with van der Waals surface area (Å²) >= 11 is 0. The van der Waals surface area contributed by atoms with E-state index in [0.717, 1.165) is 4.57 Å². The number of hydrogen-bond donors (Lipinski definition) is 8. The molecule has 2 amide bonds. The number of benzene rings is 2. The highest BCUT2D eigenvalue weighted by molar-refractivity contribution is 7.86. The lowest BCUT2D eigenvalue weighted by Crippen LogP contribution is -2.38. The average Bonchev–Trinajstić information content (AvgIpc) is 1.58. The van der Waals surface area contributed by atoms with E-state index in [2.05, 4.69) is 24.7 Å². The van der Waals surface area contributed by atoms with Crippen LogP contribution in [0.4, 0.5) is 17.2 Å². The van der Waals surface area contributed by atoms with Gasteiger partial charge in [-0.3, -0.25) is 23.2 Å². The Hall–Kier alpha value is -5.67. The van der Waals surface area contributed by atoms with E-state index in [0.29, 0.717) is 66.1 Å². The van der Waals surface area contributed by atoms with Crippen LogP contribution in [-0.2, 0) is 114 Å². The van der Waals surface area contributed by atoms with Gasteiger partial charge in [0.15, 0.2) is 11.9 Å². The van der Waals surface area contributed by atoms with E-state index in [1.807, 2.05) is 9.48 Å². The smallest absolute Gasteiger partial charge is 0.470 e. The van der Waals surface area contributed by atoms with Crippen molar-refractivity contribution in [2.24, 2.45) is 0 Å². The number of rotatable bonds is 47. The Morgan fingerprint density at radius 2 is 1.29 bits per heavy atom. The van der Waals surface area contributed by atoms with Crippen LogP contribution in [0, 0.1) is 0 Å². The van der Waals surface area contributed by atoms with Crippen LogP contribution in [0.5, 0.6) is 0 Å². The van der Waals surface area contributed by atoms with Gasteiger partial charge < -0.3 is 92.6 Å². The molecule has 0 bridgehead atoms. The number of fused-ring (bicyclic) bond motifs is 2. The number of anilines is 2. The molecule has 0 radical (unpaired) electrons. The number of aryl methyl sites for hydroxylation is 1. The number of carbonyl (C=O) groups excluding carboxylic acids is 2. The SMILES string of the molecule is COCCN1/C(=C/C=C/C=C/C2=[N+](CCCCCC(=O)NCCOCCOCCOCCOCCC(=O)NCCCc3cn([C@@H]4O[C@H](COP(=O)(O)O)C(OP(=O)(O)O)[C@@H]4O)c(=O)nc3N)c3ccc(S(=O)(=O)[O-])cc3C2(C)CCCS(=O)(=O)[O-])C(C)(CCCS(=O)(=O)[O-])c2cc(S(=O)(=O)[O-])ccc21. The molecular formula is C61H88N7O30P2S4-3. The van der Waals surface area contributed by atoms with E-state index in [1.165, 1.54) is 49.7 Å². The van der Waals surface area contributed by atoms with Crippen molar-refractivity contribution in [1.82, 2.24) is 20.2 Å². The lowest BCUT2D eigenvalue weighted by molar-refractivity contribution is -0.438. The summed E-state index contributed by atoms with van der Waals surface area (Å²) in [6.07, 6.45) is 4.34. The van der Waals surface area contributed by atoms with Crippen LogP contribution in [0.15, 0.2) is 93.3 Å². The second kappa shape index (κ2) is 38.9. The highest BCUT2D eigenvalue weighted by atomic mass is 32.2. The number of nitrogens with zero attached hydrogens (tertiary/aromatic N) is 4. The van der Waals surface area contributed by atoms with E-state index < -0.39 is 125 Å². The third-order valence-electron chi connectivity index (χ3n) is 17.1. The number of ether oxygens (including phenoxy) is 6. The van der Waals surface area contributed by atoms with Gasteiger partial charge >= 0.3 is 21.3 Å². The zero-order valence-corrected chi connectivity index (χ0v) is 62.2. The van der Waals surface area contributed by atoms with Crippen molar-refractivity contribution in [3.05, 3.63) is 106 Å². The quantitative estimate of drug-likeness (QED) is 0.0127. The number of nitrogen functional groups attached to an aromatic ring is 1. The predicted octanol–water partition coefficient (Wildman–Crippen LogP) is 0.789. The van der Waals surface area contributed by atoms with Crippen LogP contribution in [0.1, 0.15) is 101 Å². The van der Waals surface area contributed by atoms with E-state index in [9.17, 15) is 90.3 Å². The van der Waals surface area contributed by atoms with Crippen molar-refractivity contribution >= 4 is 90.8 Å². The van der Waals surface area contributed by atoms with Crippen molar-refractivity contribution in [3.8, 4) is 0 Å². The Labute approximate surface area is 602 Å². The lowest BCUT2D eigenvalue weighted by Gasteiger charge is -2.30. The summed E-state index contributed by atoms with van der Waals surface area (Å²) in [5.41, 5.74) is 5.81. The van der Waals surface area contributed by atoms with Crippen molar-refractivity contribution in [3.63, 3.8) is 0 Å². The molecule has 3 unspecified atom stereocenters. The van der Waals surface area contributed by atoms with Crippen molar-refractivity contribution < 1.29 is 137 Å². The van der Waals surface area contributed by atoms with Gasteiger partial charge in [0.05, 0.1) is 102 Å². The van der Waals surface area contributed by atoms with Gasteiger partial charge in [0, 0.05) is 104 Å². The maximum atomic E-state index is 12.8. The first kappa shape index (κ1) is 87.2. The normalized spacial score (nSPS) is 20.7. The topological polar surface area (TPSA) is 563 Å². The molecule has 3 aromatic rings. The number of nitrogens with two attached hydrogens (primary N) is 1. The van der Waals surface area contributed by atoms with Gasteiger partial charge in [-0.25, -0.2) is 47.6 Å². The summed E-state index contributed by atoms with van der Waals surface area (Å²) < 4.78 is 212. The Morgan fingerprint density at radius 1 is 0.712 bits per heavy atom. The number of hydrogen-bond acceptors (Lipinski definition) is 29. The first-order valence-electron chi connectivity index (χ1n) is 32.7. The number of aliphatic hydroxyl groups is 1. The number of unbranched alkanes of at least 4 members (excludes halogenated alkanes) is 2.